The van der Waals surface area contributed by atoms with Gasteiger partial charge in [0.05, 0.1) is 27.7 Å². The highest BCUT2D eigenvalue weighted by molar-refractivity contribution is 9.10. The summed E-state index contributed by atoms with van der Waals surface area (Å²) >= 11 is 3.22. The molecule has 1 aliphatic rings. The molecule has 122 valence electrons. The van der Waals surface area contributed by atoms with E-state index in [9.17, 15) is 4.39 Å². The zero-order valence-corrected chi connectivity index (χ0v) is 15.4. The number of benzene rings is 1. The molecule has 0 N–H and O–H groups in total. The van der Waals surface area contributed by atoms with Crippen LogP contribution in [0.5, 0.6) is 5.75 Å². The van der Waals surface area contributed by atoms with Gasteiger partial charge in [-0.15, -0.1) is 0 Å². The van der Waals surface area contributed by atoms with Gasteiger partial charge in [0.15, 0.2) is 0 Å². The minimum atomic E-state index is -0.779. The van der Waals surface area contributed by atoms with Crippen molar-refractivity contribution < 1.29 is 18.4 Å². The molecule has 1 saturated heterocycles. The molecule has 0 atom stereocenters. The van der Waals surface area contributed by atoms with Gasteiger partial charge < -0.3 is 14.0 Å². The standard InChI is InChI=1S/C16H23BBrFO3/c1-6-7-10-20-12-9-8-11(18)14(19)13(12)17-21-15(2,3)16(4,5)22-17/h8-9H,6-7,10H2,1-5H3. The monoisotopic (exact) mass is 372 g/mol. The van der Waals surface area contributed by atoms with E-state index in [1.54, 1.807) is 12.1 Å². The van der Waals surface area contributed by atoms with Crippen molar-refractivity contribution in [1.29, 1.82) is 0 Å². The van der Waals surface area contributed by atoms with Crippen LogP contribution in [0, 0.1) is 5.82 Å². The number of halogens is 2. The van der Waals surface area contributed by atoms with Crippen LogP contribution in [-0.4, -0.2) is 24.9 Å². The quantitative estimate of drug-likeness (QED) is 0.576. The highest BCUT2D eigenvalue weighted by Gasteiger charge is 2.53. The molecule has 0 saturated carbocycles. The number of ether oxygens (including phenoxy) is 1. The highest BCUT2D eigenvalue weighted by atomic mass is 79.9. The summed E-state index contributed by atoms with van der Waals surface area (Å²) in [6.45, 7) is 10.4. The van der Waals surface area contributed by atoms with Gasteiger partial charge in [-0.25, -0.2) is 4.39 Å². The first kappa shape index (κ1) is 17.8. The zero-order valence-electron chi connectivity index (χ0n) is 13.8. The Morgan fingerprint density at radius 1 is 1.18 bits per heavy atom. The lowest BCUT2D eigenvalue weighted by molar-refractivity contribution is 0.00578. The van der Waals surface area contributed by atoms with Crippen molar-refractivity contribution in [2.45, 2.75) is 58.7 Å². The normalized spacial score (nSPS) is 19.5. The predicted octanol–water partition coefficient (Wildman–Crippen LogP) is 4.07. The summed E-state index contributed by atoms with van der Waals surface area (Å²) in [7, 11) is -0.779. The van der Waals surface area contributed by atoms with Gasteiger partial charge in [0.1, 0.15) is 11.6 Å². The van der Waals surface area contributed by atoms with E-state index in [4.69, 9.17) is 14.0 Å². The number of rotatable bonds is 5. The third kappa shape index (κ3) is 3.34. The molecule has 1 aromatic carbocycles. The molecule has 0 spiro atoms. The number of hydrogen-bond donors (Lipinski definition) is 0. The molecule has 0 aliphatic carbocycles. The Labute approximate surface area is 140 Å². The van der Waals surface area contributed by atoms with E-state index in [1.165, 1.54) is 0 Å². The van der Waals surface area contributed by atoms with Crippen LogP contribution >= 0.6 is 15.9 Å². The molecule has 22 heavy (non-hydrogen) atoms. The number of unbranched alkanes of at least 4 members (excludes halogenated alkanes) is 1. The molecule has 0 unspecified atom stereocenters. The van der Waals surface area contributed by atoms with Gasteiger partial charge in [0.25, 0.3) is 0 Å². The Kier molecular flexibility index (Phi) is 5.25. The van der Waals surface area contributed by atoms with E-state index in [0.717, 1.165) is 12.8 Å². The van der Waals surface area contributed by atoms with Crippen molar-refractivity contribution in [3.8, 4) is 5.75 Å². The van der Waals surface area contributed by atoms with E-state index >= 15 is 0 Å². The van der Waals surface area contributed by atoms with Crippen LogP contribution in [0.3, 0.4) is 0 Å². The molecule has 0 amide bonds. The Morgan fingerprint density at radius 3 is 2.32 bits per heavy atom. The Bertz CT molecular complexity index is 532. The molecule has 1 heterocycles. The van der Waals surface area contributed by atoms with Crippen LogP contribution < -0.4 is 10.2 Å². The van der Waals surface area contributed by atoms with Gasteiger partial charge >= 0.3 is 7.12 Å². The average Bonchev–Trinajstić information content (AvgIpc) is 2.62. The predicted molar refractivity (Wildman–Crippen MR) is 90.2 cm³/mol. The van der Waals surface area contributed by atoms with Crippen LogP contribution in [-0.2, 0) is 9.31 Å². The number of hydrogen-bond acceptors (Lipinski definition) is 3. The summed E-state index contributed by atoms with van der Waals surface area (Å²) in [6, 6.07) is 3.40. The maximum Gasteiger partial charge on any atom is 0.501 e. The topological polar surface area (TPSA) is 27.7 Å². The van der Waals surface area contributed by atoms with E-state index in [2.05, 4.69) is 22.9 Å². The largest absolute Gasteiger partial charge is 0.501 e. The molecule has 6 heteroatoms. The summed E-state index contributed by atoms with van der Waals surface area (Å²) in [4.78, 5) is 0. The first-order valence-corrected chi connectivity index (χ1v) is 8.45. The minimum Gasteiger partial charge on any atom is -0.494 e. The molecule has 1 aliphatic heterocycles. The molecule has 1 fully saturated rings. The van der Waals surface area contributed by atoms with E-state index in [-0.39, 0.29) is 0 Å². The summed E-state index contributed by atoms with van der Waals surface area (Å²) in [6.07, 6.45) is 1.94. The third-order valence-corrected chi connectivity index (χ3v) is 4.95. The molecule has 3 nitrogen and oxygen atoms in total. The maximum absolute atomic E-state index is 14.6. The van der Waals surface area contributed by atoms with Gasteiger partial charge in [-0.05, 0) is 62.2 Å². The van der Waals surface area contributed by atoms with Gasteiger partial charge in [-0.1, -0.05) is 13.3 Å². The molecule has 2 rings (SSSR count). The van der Waals surface area contributed by atoms with Gasteiger partial charge in [-0.3, -0.25) is 0 Å². The second-order valence-corrected chi connectivity index (χ2v) is 7.42. The van der Waals surface area contributed by atoms with Gasteiger partial charge in [0, 0.05) is 0 Å². The van der Waals surface area contributed by atoms with Gasteiger partial charge in [0.2, 0.25) is 0 Å². The SMILES string of the molecule is CCCCOc1ccc(Br)c(F)c1B1OC(C)(C)C(C)(C)O1. The minimum absolute atomic E-state index is 0.323. The lowest BCUT2D eigenvalue weighted by atomic mass is 9.78. The third-order valence-electron chi connectivity index (χ3n) is 4.34. The summed E-state index contributed by atoms with van der Waals surface area (Å²) in [5, 5.41) is 0. The van der Waals surface area contributed by atoms with Crippen molar-refractivity contribution in [2.75, 3.05) is 6.61 Å². The van der Waals surface area contributed by atoms with Crippen molar-refractivity contribution in [3.05, 3.63) is 22.4 Å². The van der Waals surface area contributed by atoms with Crippen LogP contribution in [0.15, 0.2) is 16.6 Å². The summed E-state index contributed by atoms with van der Waals surface area (Å²) < 4.78 is 32.7. The van der Waals surface area contributed by atoms with Crippen molar-refractivity contribution >= 4 is 28.5 Å². The van der Waals surface area contributed by atoms with E-state index in [1.807, 2.05) is 27.7 Å². The second-order valence-electron chi connectivity index (χ2n) is 6.56. The molecule has 0 radical (unpaired) electrons. The molecule has 0 bridgehead atoms. The van der Waals surface area contributed by atoms with Crippen molar-refractivity contribution in [2.24, 2.45) is 0 Å². The Hall–Kier alpha value is -0.585. The first-order chi connectivity index (χ1) is 10.2. The average molecular weight is 373 g/mol. The van der Waals surface area contributed by atoms with Crippen LogP contribution in [0.25, 0.3) is 0 Å². The fraction of sp³-hybridized carbons (Fsp3) is 0.625. The zero-order chi connectivity index (χ0) is 16.5. The van der Waals surface area contributed by atoms with Crippen LogP contribution in [0.4, 0.5) is 4.39 Å². The fourth-order valence-corrected chi connectivity index (χ4v) is 2.53. The van der Waals surface area contributed by atoms with Crippen molar-refractivity contribution in [1.82, 2.24) is 0 Å². The molecule has 0 aromatic heterocycles. The lowest BCUT2D eigenvalue weighted by Crippen LogP contribution is -2.41. The fourth-order valence-electron chi connectivity index (χ4n) is 2.18. The van der Waals surface area contributed by atoms with Crippen molar-refractivity contribution in [3.63, 3.8) is 0 Å². The van der Waals surface area contributed by atoms with Crippen LogP contribution in [0.1, 0.15) is 47.5 Å². The second kappa shape index (κ2) is 6.50. The maximum atomic E-state index is 14.6. The lowest BCUT2D eigenvalue weighted by Gasteiger charge is -2.32. The van der Waals surface area contributed by atoms with Crippen LogP contribution in [0.2, 0.25) is 0 Å². The summed E-state index contributed by atoms with van der Waals surface area (Å²) in [5.41, 5.74) is -0.718. The first-order valence-electron chi connectivity index (χ1n) is 7.66. The highest BCUT2D eigenvalue weighted by Crippen LogP contribution is 2.38. The Balaban J connectivity index is 2.35. The Morgan fingerprint density at radius 2 is 1.77 bits per heavy atom. The van der Waals surface area contributed by atoms with E-state index < -0.39 is 24.1 Å². The summed E-state index contributed by atoms with van der Waals surface area (Å²) in [5.74, 6) is 0.0835. The molecule has 1 aromatic rings. The smallest absolute Gasteiger partial charge is 0.494 e. The molecular weight excluding hydrogens is 350 g/mol. The van der Waals surface area contributed by atoms with E-state index in [0.29, 0.717) is 22.3 Å². The molecular formula is C16H23BBrFO3. The van der Waals surface area contributed by atoms with Gasteiger partial charge in [-0.2, -0.15) is 0 Å².